The number of rotatable bonds is 5. The van der Waals surface area contributed by atoms with Crippen LogP contribution >= 0.6 is 11.6 Å². The highest BCUT2D eigenvalue weighted by Crippen LogP contribution is 2.22. The first kappa shape index (κ1) is 19.8. The predicted molar refractivity (Wildman–Crippen MR) is 113 cm³/mol. The largest absolute Gasteiger partial charge is 0.340 e. The summed E-state index contributed by atoms with van der Waals surface area (Å²) in [6.45, 7) is 3.11. The molecule has 1 saturated heterocycles. The van der Waals surface area contributed by atoms with Crippen molar-refractivity contribution >= 4 is 40.7 Å². The van der Waals surface area contributed by atoms with Crippen molar-refractivity contribution in [3.63, 3.8) is 0 Å². The van der Waals surface area contributed by atoms with Crippen molar-refractivity contribution in [3.05, 3.63) is 47.0 Å². The van der Waals surface area contributed by atoms with Gasteiger partial charge < -0.3 is 9.47 Å². The molecule has 1 atom stereocenters. The van der Waals surface area contributed by atoms with E-state index in [2.05, 4.69) is 31.5 Å². The zero-order valence-corrected chi connectivity index (χ0v) is 17.0. The van der Waals surface area contributed by atoms with E-state index in [1.165, 1.54) is 6.33 Å². The molecule has 0 aliphatic carbocycles. The maximum Gasteiger partial charge on any atom is 0.242 e. The van der Waals surface area contributed by atoms with Gasteiger partial charge in [0.2, 0.25) is 11.2 Å². The molecule has 0 saturated carbocycles. The van der Waals surface area contributed by atoms with Crippen LogP contribution in [-0.4, -0.2) is 49.6 Å². The van der Waals surface area contributed by atoms with E-state index in [0.29, 0.717) is 36.5 Å². The van der Waals surface area contributed by atoms with Gasteiger partial charge in [-0.15, -0.1) is 0 Å². The highest BCUT2D eigenvalue weighted by atomic mass is 35.5. The number of nitrogens with one attached hydrogen (secondary N) is 1. The van der Waals surface area contributed by atoms with E-state index in [4.69, 9.17) is 16.9 Å². The lowest BCUT2D eigenvalue weighted by atomic mass is 10.1. The Kier molecular flexibility index (Phi) is 5.59. The zero-order valence-electron chi connectivity index (χ0n) is 16.3. The number of fused-ring (bicyclic) bond motifs is 1. The number of amides is 1. The Morgan fingerprint density at radius 2 is 2.33 bits per heavy atom. The summed E-state index contributed by atoms with van der Waals surface area (Å²) in [5.74, 6) is 0.159. The normalized spacial score (nSPS) is 16.3. The molecule has 1 aliphatic rings. The third-order valence-electron chi connectivity index (χ3n) is 4.89. The summed E-state index contributed by atoms with van der Waals surface area (Å²) in [7, 11) is 0. The number of likely N-dealkylation sites (tertiary alicyclic amines) is 1. The summed E-state index contributed by atoms with van der Waals surface area (Å²) in [5.41, 5.74) is 5.83. The van der Waals surface area contributed by atoms with Crippen molar-refractivity contribution in [2.24, 2.45) is 11.0 Å². The molecule has 9 nitrogen and oxygen atoms in total. The van der Waals surface area contributed by atoms with Gasteiger partial charge in [-0.3, -0.25) is 10.2 Å². The van der Waals surface area contributed by atoms with Crippen LogP contribution in [-0.2, 0) is 11.3 Å². The molecule has 0 bridgehead atoms. The third-order valence-corrected chi connectivity index (χ3v) is 5.06. The summed E-state index contributed by atoms with van der Waals surface area (Å²) in [4.78, 5) is 27.0. The minimum absolute atomic E-state index is 0.0238. The Labute approximate surface area is 178 Å². The lowest BCUT2D eigenvalue weighted by molar-refractivity contribution is -0.130. The van der Waals surface area contributed by atoms with Crippen LogP contribution in [0.3, 0.4) is 0 Å². The number of nitriles is 1. The third kappa shape index (κ3) is 4.23. The van der Waals surface area contributed by atoms with Gasteiger partial charge in [0, 0.05) is 13.1 Å². The number of anilines is 1. The molecule has 10 heteroatoms. The van der Waals surface area contributed by atoms with E-state index in [1.807, 2.05) is 31.2 Å². The number of imidazole rings is 1. The van der Waals surface area contributed by atoms with Gasteiger partial charge in [-0.2, -0.15) is 20.3 Å². The van der Waals surface area contributed by atoms with E-state index in [0.717, 1.165) is 11.1 Å². The van der Waals surface area contributed by atoms with Gasteiger partial charge >= 0.3 is 0 Å². The van der Waals surface area contributed by atoms with Gasteiger partial charge in [-0.25, -0.2) is 4.98 Å². The van der Waals surface area contributed by atoms with Gasteiger partial charge in [-0.1, -0.05) is 29.8 Å². The molecule has 1 amide bonds. The monoisotopic (exact) mass is 422 g/mol. The molecule has 1 N–H and O–H groups in total. The molecule has 30 heavy (non-hydrogen) atoms. The maximum atomic E-state index is 12.6. The van der Waals surface area contributed by atoms with Crippen LogP contribution < -0.4 is 5.43 Å². The zero-order chi connectivity index (χ0) is 21.1. The number of carbonyl (C=O) groups excluding carboxylic acids is 1. The Morgan fingerprint density at radius 3 is 3.10 bits per heavy atom. The van der Waals surface area contributed by atoms with Crippen molar-refractivity contribution < 1.29 is 4.79 Å². The first-order valence-corrected chi connectivity index (χ1v) is 9.83. The molecule has 3 heterocycles. The fourth-order valence-electron chi connectivity index (χ4n) is 3.37. The van der Waals surface area contributed by atoms with Gasteiger partial charge in [0.25, 0.3) is 0 Å². The van der Waals surface area contributed by atoms with E-state index in [-0.39, 0.29) is 23.7 Å². The van der Waals surface area contributed by atoms with Gasteiger partial charge in [-0.05, 0) is 30.5 Å². The number of hydrogen-bond donors (Lipinski definition) is 1. The Morgan fingerprint density at radius 1 is 1.47 bits per heavy atom. The van der Waals surface area contributed by atoms with Crippen LogP contribution in [0.1, 0.15) is 17.5 Å². The van der Waals surface area contributed by atoms with Crippen LogP contribution in [0.25, 0.3) is 11.2 Å². The molecule has 1 unspecified atom stereocenters. The molecule has 0 radical (unpaired) electrons. The number of aryl methyl sites for hydroxylation is 1. The van der Waals surface area contributed by atoms with Crippen molar-refractivity contribution in [2.75, 3.05) is 18.5 Å². The lowest BCUT2D eigenvalue weighted by Gasteiger charge is -2.15. The first-order chi connectivity index (χ1) is 14.5. The summed E-state index contributed by atoms with van der Waals surface area (Å²) in [6.07, 6.45) is 3.91. The van der Waals surface area contributed by atoms with Crippen LogP contribution in [0.2, 0.25) is 5.28 Å². The van der Waals surface area contributed by atoms with Crippen molar-refractivity contribution in [2.45, 2.75) is 19.9 Å². The number of aromatic nitrogens is 4. The molecule has 1 aliphatic heterocycles. The molecule has 3 aromatic rings. The van der Waals surface area contributed by atoms with Crippen molar-refractivity contribution in [1.82, 2.24) is 24.4 Å². The average molecular weight is 423 g/mol. The van der Waals surface area contributed by atoms with Gasteiger partial charge in [0.15, 0.2) is 17.0 Å². The summed E-state index contributed by atoms with van der Waals surface area (Å²) < 4.78 is 1.63. The van der Waals surface area contributed by atoms with E-state index in [1.54, 1.807) is 15.7 Å². The smallest absolute Gasteiger partial charge is 0.242 e. The molecule has 2 aromatic heterocycles. The summed E-state index contributed by atoms with van der Waals surface area (Å²) in [6, 6.07) is 10.1. The Bertz CT molecular complexity index is 1170. The summed E-state index contributed by atoms with van der Waals surface area (Å²) >= 11 is 6.08. The van der Waals surface area contributed by atoms with E-state index >= 15 is 0 Å². The average Bonchev–Trinajstić information content (AvgIpc) is 3.35. The molecule has 4 rings (SSSR count). The second kappa shape index (κ2) is 8.47. The first-order valence-electron chi connectivity index (χ1n) is 9.45. The highest BCUT2D eigenvalue weighted by molar-refractivity contribution is 6.28. The van der Waals surface area contributed by atoms with Gasteiger partial charge in [0.05, 0.1) is 24.5 Å². The SMILES string of the molecule is Cc1cccc(/C=N/Nc2nc(Cl)nc3c2ncn3CC(=O)N2CCC(C#N)C2)c1. The second-order valence-corrected chi connectivity index (χ2v) is 7.46. The fraction of sp³-hybridized carbons (Fsp3) is 0.300. The molecule has 1 fully saturated rings. The number of hydrogen-bond acceptors (Lipinski definition) is 7. The minimum Gasteiger partial charge on any atom is -0.340 e. The molecule has 152 valence electrons. The van der Waals surface area contributed by atoms with E-state index in [9.17, 15) is 4.79 Å². The molecular weight excluding hydrogens is 404 g/mol. The highest BCUT2D eigenvalue weighted by Gasteiger charge is 2.26. The van der Waals surface area contributed by atoms with Crippen LogP contribution in [0.15, 0.2) is 35.7 Å². The van der Waals surface area contributed by atoms with Crippen LogP contribution in [0.5, 0.6) is 0 Å². The fourth-order valence-corrected chi connectivity index (χ4v) is 3.53. The predicted octanol–water partition coefficient (Wildman–Crippen LogP) is 2.61. The number of nitrogens with zero attached hydrogens (tertiary/aromatic N) is 7. The lowest BCUT2D eigenvalue weighted by Crippen LogP contribution is -2.31. The number of carbonyl (C=O) groups is 1. The number of halogens is 1. The van der Waals surface area contributed by atoms with Crippen molar-refractivity contribution in [3.8, 4) is 6.07 Å². The van der Waals surface area contributed by atoms with Gasteiger partial charge in [0.1, 0.15) is 6.54 Å². The second-order valence-electron chi connectivity index (χ2n) is 7.12. The minimum atomic E-state index is -0.104. The standard InChI is InChI=1S/C20H19ClN8O/c1-13-3-2-4-14(7-13)9-24-27-18-17-19(26-20(21)25-18)29(12-23-17)11-16(30)28-6-5-15(8-22)10-28/h2-4,7,9,12,15H,5-6,10-11H2,1H3,(H,25,26,27)/b24-9+. The molecule has 0 spiro atoms. The van der Waals surface area contributed by atoms with Crippen LogP contribution in [0.4, 0.5) is 5.82 Å². The number of hydrazone groups is 1. The quantitative estimate of drug-likeness (QED) is 0.384. The molecular formula is C20H19ClN8O. The van der Waals surface area contributed by atoms with E-state index < -0.39 is 0 Å². The van der Waals surface area contributed by atoms with Crippen LogP contribution in [0, 0.1) is 24.2 Å². The maximum absolute atomic E-state index is 12.6. The molecule has 1 aromatic carbocycles. The topological polar surface area (TPSA) is 112 Å². The Balaban J connectivity index is 1.53. The number of benzene rings is 1. The Hall–Kier alpha value is -3.51. The van der Waals surface area contributed by atoms with Crippen molar-refractivity contribution in [1.29, 1.82) is 5.26 Å². The summed E-state index contributed by atoms with van der Waals surface area (Å²) in [5, 5.41) is 13.3.